The van der Waals surface area contributed by atoms with Gasteiger partial charge in [-0.3, -0.25) is 10.1 Å². The third kappa shape index (κ3) is 7.01. The molecule has 162 valence electrons. The zero-order valence-corrected chi connectivity index (χ0v) is 17.1. The number of amides is 1. The summed E-state index contributed by atoms with van der Waals surface area (Å²) in [5.41, 5.74) is -0.758. The van der Waals surface area contributed by atoms with Crippen molar-refractivity contribution in [3.8, 4) is 11.5 Å². The number of rotatable bonds is 7. The number of nitro benzene ring substituents is 1. The van der Waals surface area contributed by atoms with Crippen LogP contribution in [-0.2, 0) is 16.0 Å². The summed E-state index contributed by atoms with van der Waals surface area (Å²) in [6.45, 7) is 11.9. The summed E-state index contributed by atoms with van der Waals surface area (Å²) in [6.07, 6.45) is -1.32. The number of carboxylic acid groups (broad SMARTS) is 1. The Morgan fingerprint density at radius 1 is 1.23 bits per heavy atom. The Labute approximate surface area is 178 Å². The van der Waals surface area contributed by atoms with Gasteiger partial charge < -0.3 is 19.9 Å². The van der Waals surface area contributed by atoms with Gasteiger partial charge in [-0.1, -0.05) is 12.1 Å². The summed E-state index contributed by atoms with van der Waals surface area (Å²) >= 11 is 0. The van der Waals surface area contributed by atoms with Gasteiger partial charge in [0.2, 0.25) is 0 Å². The second kappa shape index (κ2) is 9.58. The topological polar surface area (TPSA) is 132 Å². The molecule has 0 bridgehead atoms. The Balaban J connectivity index is 2.30. The van der Waals surface area contributed by atoms with Crippen molar-refractivity contribution in [2.75, 3.05) is 0 Å². The van der Waals surface area contributed by atoms with E-state index in [1.807, 2.05) is 0 Å². The molecule has 0 heterocycles. The summed E-state index contributed by atoms with van der Waals surface area (Å²) in [6, 6.07) is 8.75. The molecule has 2 aromatic carbocycles. The lowest BCUT2D eigenvalue weighted by Gasteiger charge is -2.22. The van der Waals surface area contributed by atoms with E-state index in [1.54, 1.807) is 39.0 Å². The van der Waals surface area contributed by atoms with Gasteiger partial charge >= 0.3 is 12.1 Å². The molecule has 10 nitrogen and oxygen atoms in total. The predicted octanol–water partition coefficient (Wildman–Crippen LogP) is 4.46. The maximum Gasteiger partial charge on any atom is 0.408 e. The summed E-state index contributed by atoms with van der Waals surface area (Å²) in [5.74, 6) is -0.824. The first kappa shape index (κ1) is 23.2. The zero-order valence-electron chi connectivity index (χ0n) is 17.1. The van der Waals surface area contributed by atoms with Gasteiger partial charge in [0.05, 0.1) is 11.5 Å². The number of carbonyl (C=O) groups excluding carboxylic acids is 1. The molecule has 0 unspecified atom stereocenters. The van der Waals surface area contributed by atoms with Gasteiger partial charge in [-0.15, -0.1) is 0 Å². The Morgan fingerprint density at radius 2 is 1.90 bits per heavy atom. The number of nitro groups is 1. The molecular formula is C21H21N3O7. The molecule has 1 atom stereocenters. The molecule has 0 aliphatic heterocycles. The van der Waals surface area contributed by atoms with Crippen LogP contribution >= 0.6 is 0 Å². The minimum Gasteiger partial charge on any atom is -0.480 e. The molecule has 1 amide bonds. The van der Waals surface area contributed by atoms with Crippen LogP contribution in [0.3, 0.4) is 0 Å². The molecule has 2 N–H and O–H groups in total. The van der Waals surface area contributed by atoms with Crippen molar-refractivity contribution in [2.24, 2.45) is 0 Å². The number of ether oxygens (including phenoxy) is 2. The number of nitrogens with one attached hydrogen (secondary N) is 1. The van der Waals surface area contributed by atoms with Crippen molar-refractivity contribution < 1.29 is 29.1 Å². The molecule has 0 spiro atoms. The highest BCUT2D eigenvalue weighted by molar-refractivity contribution is 5.80. The van der Waals surface area contributed by atoms with Crippen LogP contribution in [0.5, 0.6) is 11.5 Å². The van der Waals surface area contributed by atoms with Crippen molar-refractivity contribution in [1.82, 2.24) is 5.32 Å². The summed E-state index contributed by atoms with van der Waals surface area (Å²) in [7, 11) is 0. The van der Waals surface area contributed by atoms with Gasteiger partial charge in [-0.2, -0.15) is 0 Å². The number of benzene rings is 2. The van der Waals surface area contributed by atoms with Crippen LogP contribution in [0.2, 0.25) is 0 Å². The average Bonchev–Trinajstić information content (AvgIpc) is 2.66. The Bertz CT molecular complexity index is 1040. The molecule has 2 rings (SSSR count). The van der Waals surface area contributed by atoms with E-state index in [0.717, 1.165) is 0 Å². The number of alkyl carbamates (subject to hydrolysis) is 1. The number of hydrogen-bond acceptors (Lipinski definition) is 6. The smallest absolute Gasteiger partial charge is 0.408 e. The standard InChI is InChI=1S/C21H21N3O7/c1-21(2,3)31-20(27)23-17(19(25)26)11-13-10-16(8-9-18(13)24(28)29)30-15-7-5-6-14(12-15)22-4/h5-10,12,17H,11H2,1-3H3,(H,23,27)(H,25,26)/t17-/m0/s1. The normalized spacial score (nSPS) is 11.7. The van der Waals surface area contributed by atoms with E-state index in [-0.39, 0.29) is 23.4 Å². The molecule has 31 heavy (non-hydrogen) atoms. The lowest BCUT2D eigenvalue weighted by molar-refractivity contribution is -0.385. The lowest BCUT2D eigenvalue weighted by atomic mass is 10.0. The van der Waals surface area contributed by atoms with E-state index < -0.39 is 28.6 Å². The minimum atomic E-state index is -1.46. The SMILES string of the molecule is [C-]#[N+]c1cccc(Oc2ccc([N+](=O)[O-])c(C[C@H](NC(=O)OC(C)(C)C)C(=O)O)c2)c1. The highest BCUT2D eigenvalue weighted by atomic mass is 16.6. The fourth-order valence-corrected chi connectivity index (χ4v) is 2.59. The second-order valence-electron chi connectivity index (χ2n) is 7.50. The van der Waals surface area contributed by atoms with Crippen molar-refractivity contribution in [3.63, 3.8) is 0 Å². The first-order valence-corrected chi connectivity index (χ1v) is 9.13. The Kier molecular flexibility index (Phi) is 7.15. The quantitative estimate of drug-likeness (QED) is 0.379. The van der Waals surface area contributed by atoms with E-state index >= 15 is 0 Å². The molecule has 0 saturated heterocycles. The first-order chi connectivity index (χ1) is 14.5. The third-order valence-electron chi connectivity index (χ3n) is 3.84. The van der Waals surface area contributed by atoms with Crippen LogP contribution in [0.1, 0.15) is 26.3 Å². The monoisotopic (exact) mass is 427 g/mol. The van der Waals surface area contributed by atoms with E-state index in [0.29, 0.717) is 11.4 Å². The van der Waals surface area contributed by atoms with Gasteiger partial charge in [-0.05, 0) is 45.0 Å². The second-order valence-corrected chi connectivity index (χ2v) is 7.50. The summed E-state index contributed by atoms with van der Waals surface area (Å²) < 4.78 is 10.7. The van der Waals surface area contributed by atoms with Crippen LogP contribution < -0.4 is 10.1 Å². The molecule has 0 aliphatic carbocycles. The van der Waals surface area contributed by atoms with Gasteiger partial charge in [0.1, 0.15) is 23.1 Å². The lowest BCUT2D eigenvalue weighted by Crippen LogP contribution is -2.44. The van der Waals surface area contributed by atoms with Crippen molar-refractivity contribution in [1.29, 1.82) is 0 Å². The largest absolute Gasteiger partial charge is 0.480 e. The number of hydrogen-bond donors (Lipinski definition) is 2. The summed E-state index contributed by atoms with van der Waals surface area (Å²) in [5, 5.41) is 23.1. The predicted molar refractivity (Wildman–Crippen MR) is 110 cm³/mol. The van der Waals surface area contributed by atoms with Crippen LogP contribution in [0.25, 0.3) is 4.85 Å². The van der Waals surface area contributed by atoms with E-state index in [1.165, 1.54) is 24.3 Å². The van der Waals surface area contributed by atoms with Gasteiger partial charge in [0.25, 0.3) is 5.69 Å². The fourth-order valence-electron chi connectivity index (χ4n) is 2.59. The van der Waals surface area contributed by atoms with E-state index in [9.17, 15) is 24.8 Å². The Hall–Kier alpha value is -4.13. The zero-order chi connectivity index (χ0) is 23.2. The molecule has 2 aromatic rings. The third-order valence-corrected chi connectivity index (χ3v) is 3.84. The number of aliphatic carboxylic acids is 1. The van der Waals surface area contributed by atoms with Gasteiger partial charge in [0, 0.05) is 18.1 Å². The molecule has 0 saturated carbocycles. The number of carbonyl (C=O) groups is 2. The molecule has 0 fully saturated rings. The molecule has 10 heteroatoms. The molecule has 0 aliphatic rings. The van der Waals surface area contributed by atoms with Crippen molar-refractivity contribution >= 4 is 23.4 Å². The first-order valence-electron chi connectivity index (χ1n) is 9.13. The Morgan fingerprint density at radius 3 is 2.48 bits per heavy atom. The van der Waals surface area contributed by atoms with Crippen LogP contribution in [0, 0.1) is 16.7 Å². The average molecular weight is 427 g/mol. The number of nitrogens with zero attached hydrogens (tertiary/aromatic N) is 2. The maximum absolute atomic E-state index is 12.0. The van der Waals surface area contributed by atoms with Gasteiger partial charge in [0.15, 0.2) is 5.69 Å². The van der Waals surface area contributed by atoms with E-state index in [2.05, 4.69) is 10.2 Å². The number of carboxylic acids is 1. The molecule has 0 radical (unpaired) electrons. The van der Waals surface area contributed by atoms with E-state index in [4.69, 9.17) is 16.0 Å². The van der Waals surface area contributed by atoms with Crippen LogP contribution in [0.4, 0.5) is 16.2 Å². The van der Waals surface area contributed by atoms with Gasteiger partial charge in [-0.25, -0.2) is 14.4 Å². The molecular weight excluding hydrogens is 406 g/mol. The summed E-state index contributed by atoms with van der Waals surface area (Å²) in [4.78, 5) is 37.7. The van der Waals surface area contributed by atoms with Crippen molar-refractivity contribution in [2.45, 2.75) is 38.8 Å². The highest BCUT2D eigenvalue weighted by Crippen LogP contribution is 2.30. The van der Waals surface area contributed by atoms with Crippen molar-refractivity contribution in [3.05, 3.63) is 69.6 Å². The fraction of sp³-hybridized carbons (Fsp3) is 0.286. The maximum atomic E-state index is 12.0. The van der Waals surface area contributed by atoms with Crippen LogP contribution in [0.15, 0.2) is 42.5 Å². The minimum absolute atomic E-state index is 0.0484. The van der Waals surface area contributed by atoms with Crippen LogP contribution in [-0.4, -0.2) is 33.7 Å². The molecule has 0 aromatic heterocycles. The highest BCUT2D eigenvalue weighted by Gasteiger charge is 2.27.